The molecule has 0 amide bonds. The van der Waals surface area contributed by atoms with Gasteiger partial charge in [-0.2, -0.15) is 0 Å². The summed E-state index contributed by atoms with van der Waals surface area (Å²) in [6.07, 6.45) is -7.83. The minimum atomic E-state index is -5.18. The molecule has 0 spiro atoms. The lowest BCUT2D eigenvalue weighted by Gasteiger charge is -2.16. The lowest BCUT2D eigenvalue weighted by atomic mass is 10.1. The number of esters is 1. The molecule has 0 saturated heterocycles. The molecule has 1 aromatic heterocycles. The summed E-state index contributed by atoms with van der Waals surface area (Å²) < 4.78 is 69.5. The Bertz CT molecular complexity index is 491. The highest BCUT2D eigenvalue weighted by Gasteiger charge is 2.36. The first-order valence-electron chi connectivity index (χ1n) is 4.48. The second-order valence-electron chi connectivity index (χ2n) is 3.05. The Hall–Kier alpha value is -1.20. The number of rotatable bonds is 3. The van der Waals surface area contributed by atoms with Crippen LogP contribution in [0.4, 0.5) is 22.0 Å². The van der Waals surface area contributed by atoms with Gasteiger partial charge in [-0.25, -0.2) is 18.6 Å². The summed E-state index contributed by atoms with van der Waals surface area (Å²) in [5.41, 5.74) is -1.99. The third-order valence-corrected chi connectivity index (χ3v) is 2.64. The van der Waals surface area contributed by atoms with E-state index in [4.69, 9.17) is 0 Å². The van der Waals surface area contributed by atoms with E-state index in [0.29, 0.717) is 6.20 Å². The van der Waals surface area contributed by atoms with E-state index in [1.807, 2.05) is 0 Å². The number of alkyl halides is 5. The van der Waals surface area contributed by atoms with Crippen LogP contribution in [-0.2, 0) is 4.74 Å². The highest BCUT2D eigenvalue weighted by atomic mass is 127. The molecule has 19 heavy (non-hydrogen) atoms. The Labute approximate surface area is 117 Å². The Morgan fingerprint density at radius 1 is 1.42 bits per heavy atom. The van der Waals surface area contributed by atoms with Crippen LogP contribution in [-0.4, -0.2) is 24.4 Å². The predicted molar refractivity (Wildman–Crippen MR) is 59.9 cm³/mol. The van der Waals surface area contributed by atoms with Gasteiger partial charge in [-0.15, -0.1) is 13.2 Å². The number of pyridine rings is 1. The number of nitrogens with zero attached hydrogens (tertiary/aromatic N) is 1. The number of hydrogen-bond acceptors (Lipinski definition) is 4. The van der Waals surface area contributed by atoms with E-state index in [0.717, 1.165) is 7.11 Å². The van der Waals surface area contributed by atoms with Crippen molar-refractivity contribution in [3.05, 3.63) is 21.0 Å². The van der Waals surface area contributed by atoms with E-state index >= 15 is 0 Å². The highest BCUT2D eigenvalue weighted by Crippen LogP contribution is 2.38. The van der Waals surface area contributed by atoms with Gasteiger partial charge in [-0.05, 0) is 22.6 Å². The first-order valence-corrected chi connectivity index (χ1v) is 5.56. The Kier molecular flexibility index (Phi) is 4.87. The van der Waals surface area contributed by atoms with Crippen molar-refractivity contribution in [3.63, 3.8) is 0 Å². The number of carbonyl (C=O) groups excluding carboxylic acids is 1. The molecule has 0 bridgehead atoms. The van der Waals surface area contributed by atoms with Crippen LogP contribution in [0.25, 0.3) is 0 Å². The van der Waals surface area contributed by atoms with Crippen molar-refractivity contribution in [1.29, 1.82) is 0 Å². The molecular weight excluding hydrogens is 392 g/mol. The molecule has 0 aliphatic rings. The van der Waals surface area contributed by atoms with Crippen LogP contribution in [0.1, 0.15) is 22.3 Å². The van der Waals surface area contributed by atoms with E-state index in [1.165, 1.54) is 22.6 Å². The van der Waals surface area contributed by atoms with Crippen LogP contribution >= 0.6 is 22.6 Å². The molecule has 10 heteroatoms. The zero-order valence-electron chi connectivity index (χ0n) is 9.09. The van der Waals surface area contributed by atoms with Gasteiger partial charge in [0.25, 0.3) is 6.43 Å². The van der Waals surface area contributed by atoms with Crippen molar-refractivity contribution in [2.24, 2.45) is 0 Å². The summed E-state index contributed by atoms with van der Waals surface area (Å²) in [4.78, 5) is 14.6. The molecule has 106 valence electrons. The molecule has 0 N–H and O–H groups in total. The molecule has 0 fully saturated rings. The van der Waals surface area contributed by atoms with Crippen LogP contribution in [0.5, 0.6) is 5.75 Å². The molecule has 0 aliphatic carbocycles. The standard InChI is InChI=1S/C9H5F5INO3/c1-18-8(17)3-2-16-7(15)5(4(3)6(10)11)19-9(12,13)14/h2,6H,1H3. The summed E-state index contributed by atoms with van der Waals surface area (Å²) in [6, 6.07) is 0. The largest absolute Gasteiger partial charge is 0.573 e. The van der Waals surface area contributed by atoms with Crippen LogP contribution < -0.4 is 4.74 Å². The first kappa shape index (κ1) is 15.9. The van der Waals surface area contributed by atoms with Crippen molar-refractivity contribution in [2.75, 3.05) is 7.11 Å². The summed E-state index contributed by atoms with van der Waals surface area (Å²) >= 11 is 1.29. The maximum Gasteiger partial charge on any atom is 0.573 e. The molecule has 1 rings (SSSR count). The molecule has 0 aromatic carbocycles. The number of ether oxygens (including phenoxy) is 2. The number of halogens is 6. The maximum absolute atomic E-state index is 12.9. The minimum absolute atomic E-state index is 0.446. The zero-order valence-corrected chi connectivity index (χ0v) is 11.3. The van der Waals surface area contributed by atoms with Crippen LogP contribution in [0, 0.1) is 3.70 Å². The number of hydrogen-bond donors (Lipinski definition) is 0. The lowest BCUT2D eigenvalue weighted by Crippen LogP contribution is -2.21. The van der Waals surface area contributed by atoms with Crippen molar-refractivity contribution in [1.82, 2.24) is 4.98 Å². The first-order chi connectivity index (χ1) is 8.67. The van der Waals surface area contributed by atoms with E-state index in [-0.39, 0.29) is 0 Å². The molecule has 1 aromatic rings. The van der Waals surface area contributed by atoms with Gasteiger partial charge in [0, 0.05) is 6.20 Å². The number of methoxy groups -OCH3 is 1. The van der Waals surface area contributed by atoms with Gasteiger partial charge in [0.2, 0.25) is 0 Å². The molecule has 1 heterocycles. The lowest BCUT2D eigenvalue weighted by molar-refractivity contribution is -0.275. The number of carbonyl (C=O) groups is 1. The quantitative estimate of drug-likeness (QED) is 0.340. The normalized spacial score (nSPS) is 11.6. The fourth-order valence-electron chi connectivity index (χ4n) is 1.18. The maximum atomic E-state index is 12.9. The third kappa shape index (κ3) is 3.88. The molecule has 0 atom stereocenters. The van der Waals surface area contributed by atoms with Gasteiger partial charge >= 0.3 is 12.3 Å². The second-order valence-corrected chi connectivity index (χ2v) is 4.07. The predicted octanol–water partition coefficient (Wildman–Crippen LogP) is 3.31. The van der Waals surface area contributed by atoms with Crippen LogP contribution in [0.15, 0.2) is 6.20 Å². The van der Waals surface area contributed by atoms with Gasteiger partial charge in [0.1, 0.15) is 3.70 Å². The van der Waals surface area contributed by atoms with Crippen molar-refractivity contribution < 1.29 is 36.2 Å². The molecule has 4 nitrogen and oxygen atoms in total. The molecule has 0 radical (unpaired) electrons. The molecular formula is C9H5F5INO3. The summed E-state index contributed by atoms with van der Waals surface area (Å²) in [6.45, 7) is 0. The average molecular weight is 397 g/mol. The smallest absolute Gasteiger partial charge is 0.465 e. The van der Waals surface area contributed by atoms with Gasteiger partial charge in [0.05, 0.1) is 18.2 Å². The van der Waals surface area contributed by atoms with Crippen molar-refractivity contribution >= 4 is 28.6 Å². The number of aromatic nitrogens is 1. The van der Waals surface area contributed by atoms with Gasteiger partial charge in [-0.3, -0.25) is 0 Å². The average Bonchev–Trinajstić information content (AvgIpc) is 2.28. The van der Waals surface area contributed by atoms with Gasteiger partial charge < -0.3 is 9.47 Å². The van der Waals surface area contributed by atoms with Crippen LogP contribution in [0.2, 0.25) is 0 Å². The van der Waals surface area contributed by atoms with E-state index < -0.39 is 39.3 Å². The van der Waals surface area contributed by atoms with Crippen molar-refractivity contribution in [2.45, 2.75) is 12.8 Å². The minimum Gasteiger partial charge on any atom is -0.465 e. The zero-order chi connectivity index (χ0) is 14.8. The molecule has 0 saturated carbocycles. The van der Waals surface area contributed by atoms with Gasteiger partial charge in [0.15, 0.2) is 5.75 Å². The highest BCUT2D eigenvalue weighted by molar-refractivity contribution is 14.1. The third-order valence-electron chi connectivity index (χ3n) is 1.87. The monoisotopic (exact) mass is 397 g/mol. The Morgan fingerprint density at radius 3 is 2.42 bits per heavy atom. The fourth-order valence-corrected chi connectivity index (χ4v) is 1.72. The van der Waals surface area contributed by atoms with E-state index in [2.05, 4.69) is 14.5 Å². The summed E-state index contributed by atoms with van der Waals surface area (Å²) in [5.74, 6) is -2.43. The topological polar surface area (TPSA) is 48.4 Å². The van der Waals surface area contributed by atoms with Gasteiger partial charge in [-0.1, -0.05) is 0 Å². The second kappa shape index (κ2) is 5.84. The van der Waals surface area contributed by atoms with Crippen LogP contribution in [0.3, 0.4) is 0 Å². The summed E-state index contributed by atoms with van der Waals surface area (Å²) in [5, 5.41) is 0. The molecule has 0 unspecified atom stereocenters. The van der Waals surface area contributed by atoms with E-state index in [9.17, 15) is 26.7 Å². The Balaban J connectivity index is 3.46. The summed E-state index contributed by atoms with van der Waals surface area (Å²) in [7, 11) is 0.903. The molecule has 0 aliphatic heterocycles. The van der Waals surface area contributed by atoms with Crippen molar-refractivity contribution in [3.8, 4) is 5.75 Å². The fraction of sp³-hybridized carbons (Fsp3) is 0.333. The SMILES string of the molecule is COC(=O)c1cnc(I)c(OC(F)(F)F)c1C(F)F. The van der Waals surface area contributed by atoms with E-state index in [1.54, 1.807) is 0 Å². The Morgan fingerprint density at radius 2 is 2.00 bits per heavy atom.